The molecule has 0 N–H and O–H groups in total. The standard InChI is InChI=1S/C11H17BrN2O2S/c1-4-15-11(12,16-5-2)8-9-6-7-13-10(14-9)17-3/h6-7H,4-5,8H2,1-3H3. The smallest absolute Gasteiger partial charge is 0.232 e. The molecule has 0 saturated heterocycles. The third-order valence-electron chi connectivity index (χ3n) is 1.99. The zero-order valence-corrected chi connectivity index (χ0v) is 12.7. The molecule has 0 bridgehead atoms. The fraction of sp³-hybridized carbons (Fsp3) is 0.636. The van der Waals surface area contributed by atoms with E-state index in [4.69, 9.17) is 9.47 Å². The lowest BCUT2D eigenvalue weighted by Gasteiger charge is -2.26. The van der Waals surface area contributed by atoms with Crippen molar-refractivity contribution in [2.75, 3.05) is 19.5 Å². The van der Waals surface area contributed by atoms with Crippen molar-refractivity contribution in [3.05, 3.63) is 18.0 Å². The van der Waals surface area contributed by atoms with Crippen LogP contribution in [0.3, 0.4) is 0 Å². The number of hydrogen-bond donors (Lipinski definition) is 0. The fourth-order valence-corrected chi connectivity index (χ4v) is 2.48. The van der Waals surface area contributed by atoms with Crippen LogP contribution in [0, 0.1) is 0 Å². The van der Waals surface area contributed by atoms with Crippen LogP contribution in [-0.4, -0.2) is 34.1 Å². The molecule has 0 unspecified atom stereocenters. The van der Waals surface area contributed by atoms with Gasteiger partial charge >= 0.3 is 0 Å². The predicted octanol–water partition coefficient (Wildman–Crippen LogP) is 2.86. The molecule has 0 atom stereocenters. The van der Waals surface area contributed by atoms with Gasteiger partial charge in [0.25, 0.3) is 0 Å². The second-order valence-corrected chi connectivity index (χ2v) is 5.22. The number of alkyl halides is 1. The van der Waals surface area contributed by atoms with Crippen molar-refractivity contribution in [2.24, 2.45) is 0 Å². The number of aromatic nitrogens is 2. The maximum absolute atomic E-state index is 5.57. The summed E-state index contributed by atoms with van der Waals surface area (Å²) < 4.78 is 10.4. The molecule has 1 aromatic rings. The van der Waals surface area contributed by atoms with Crippen LogP contribution in [0.15, 0.2) is 17.4 Å². The second-order valence-electron chi connectivity index (χ2n) is 3.24. The maximum Gasteiger partial charge on any atom is 0.232 e. The number of ether oxygens (including phenoxy) is 2. The number of halogens is 1. The molecule has 1 aromatic heterocycles. The second kappa shape index (κ2) is 7.31. The van der Waals surface area contributed by atoms with Gasteiger partial charge in [0, 0.05) is 19.4 Å². The lowest BCUT2D eigenvalue weighted by atomic mass is 10.3. The average Bonchev–Trinajstić information content (AvgIpc) is 2.29. The van der Waals surface area contributed by atoms with Crippen LogP contribution in [0.2, 0.25) is 0 Å². The molecule has 0 saturated carbocycles. The van der Waals surface area contributed by atoms with E-state index in [1.807, 2.05) is 26.2 Å². The molecule has 0 spiro atoms. The van der Waals surface area contributed by atoms with Gasteiger partial charge in [0.05, 0.1) is 12.1 Å². The topological polar surface area (TPSA) is 44.2 Å². The summed E-state index contributed by atoms with van der Waals surface area (Å²) in [5, 5.41) is 0.755. The minimum atomic E-state index is -0.791. The molecule has 0 amide bonds. The van der Waals surface area contributed by atoms with E-state index in [-0.39, 0.29) is 0 Å². The molecule has 4 nitrogen and oxygen atoms in total. The highest BCUT2D eigenvalue weighted by Gasteiger charge is 2.28. The van der Waals surface area contributed by atoms with Crippen molar-refractivity contribution in [2.45, 2.75) is 30.1 Å². The summed E-state index contributed by atoms with van der Waals surface area (Å²) in [4.78, 5) is 8.54. The largest absolute Gasteiger partial charge is 0.341 e. The van der Waals surface area contributed by atoms with E-state index in [9.17, 15) is 0 Å². The fourth-order valence-electron chi connectivity index (χ4n) is 1.36. The van der Waals surface area contributed by atoms with Crippen LogP contribution < -0.4 is 0 Å². The summed E-state index contributed by atoms with van der Waals surface area (Å²) in [5.41, 5.74) is 0.892. The molecule has 17 heavy (non-hydrogen) atoms. The molecule has 1 rings (SSSR count). The quantitative estimate of drug-likeness (QED) is 0.334. The van der Waals surface area contributed by atoms with Crippen LogP contribution in [0.25, 0.3) is 0 Å². The SMILES string of the molecule is CCOC(Br)(Cc1ccnc(SC)n1)OCC. The minimum absolute atomic E-state index is 0.546. The molecular formula is C11H17BrN2O2S. The van der Waals surface area contributed by atoms with Crippen molar-refractivity contribution >= 4 is 27.7 Å². The monoisotopic (exact) mass is 320 g/mol. The van der Waals surface area contributed by atoms with Crippen LogP contribution in [0.4, 0.5) is 0 Å². The Morgan fingerprint density at radius 3 is 2.53 bits per heavy atom. The van der Waals surface area contributed by atoms with Gasteiger partial charge in [0.15, 0.2) is 5.16 Å². The van der Waals surface area contributed by atoms with Crippen molar-refractivity contribution in [1.29, 1.82) is 0 Å². The highest BCUT2D eigenvalue weighted by atomic mass is 79.9. The van der Waals surface area contributed by atoms with Crippen molar-refractivity contribution in [3.8, 4) is 0 Å². The lowest BCUT2D eigenvalue weighted by Crippen LogP contribution is -2.32. The van der Waals surface area contributed by atoms with Crippen LogP contribution in [-0.2, 0) is 15.9 Å². The maximum atomic E-state index is 5.57. The van der Waals surface area contributed by atoms with E-state index in [0.29, 0.717) is 19.6 Å². The van der Waals surface area contributed by atoms with Gasteiger partial charge in [0.2, 0.25) is 4.70 Å². The molecule has 96 valence electrons. The van der Waals surface area contributed by atoms with Gasteiger partial charge in [-0.15, -0.1) is 0 Å². The molecule has 0 aliphatic rings. The Kier molecular flexibility index (Phi) is 6.40. The molecule has 1 heterocycles. The summed E-state index contributed by atoms with van der Waals surface area (Å²) >= 11 is 4.99. The van der Waals surface area contributed by atoms with Gasteiger partial charge in [-0.1, -0.05) is 11.8 Å². The summed E-state index contributed by atoms with van der Waals surface area (Å²) in [5.74, 6) is 0. The first kappa shape index (κ1) is 14.9. The number of hydrogen-bond acceptors (Lipinski definition) is 5. The van der Waals surface area contributed by atoms with E-state index < -0.39 is 4.70 Å². The Morgan fingerprint density at radius 1 is 1.35 bits per heavy atom. The number of rotatable bonds is 7. The van der Waals surface area contributed by atoms with Crippen molar-refractivity contribution in [3.63, 3.8) is 0 Å². The molecular weight excluding hydrogens is 304 g/mol. The zero-order chi connectivity index (χ0) is 12.7. The van der Waals surface area contributed by atoms with E-state index in [1.165, 1.54) is 11.8 Å². The molecule has 0 aromatic carbocycles. The van der Waals surface area contributed by atoms with Gasteiger partial charge in [-0.05, 0) is 42.1 Å². The van der Waals surface area contributed by atoms with Gasteiger partial charge in [0.1, 0.15) is 0 Å². The van der Waals surface area contributed by atoms with Gasteiger partial charge in [-0.3, -0.25) is 0 Å². The molecule has 0 fully saturated rings. The normalized spacial score (nSPS) is 11.8. The Morgan fingerprint density at radius 2 is 2.00 bits per heavy atom. The summed E-state index contributed by atoms with van der Waals surface area (Å²) in [6.45, 7) is 5.02. The zero-order valence-electron chi connectivity index (χ0n) is 10.3. The molecule has 0 aliphatic carbocycles. The summed E-state index contributed by atoms with van der Waals surface area (Å²) in [6.07, 6.45) is 4.25. The van der Waals surface area contributed by atoms with Crippen molar-refractivity contribution < 1.29 is 9.47 Å². The van der Waals surface area contributed by atoms with Crippen LogP contribution in [0.5, 0.6) is 0 Å². The Balaban J connectivity index is 2.77. The van der Waals surface area contributed by atoms with Crippen LogP contribution >= 0.6 is 27.7 Å². The summed E-state index contributed by atoms with van der Waals surface area (Å²) in [7, 11) is 0. The number of thioether (sulfide) groups is 1. The van der Waals surface area contributed by atoms with Gasteiger partial charge in [-0.25, -0.2) is 9.97 Å². The average molecular weight is 321 g/mol. The first-order valence-corrected chi connectivity index (χ1v) is 7.48. The van der Waals surface area contributed by atoms with Gasteiger partial charge < -0.3 is 9.47 Å². The van der Waals surface area contributed by atoms with E-state index in [1.54, 1.807) is 6.20 Å². The molecule has 0 aliphatic heterocycles. The summed E-state index contributed by atoms with van der Waals surface area (Å²) in [6, 6.07) is 1.87. The first-order valence-electron chi connectivity index (χ1n) is 5.46. The first-order chi connectivity index (χ1) is 8.13. The van der Waals surface area contributed by atoms with Crippen LogP contribution in [0.1, 0.15) is 19.5 Å². The van der Waals surface area contributed by atoms with E-state index >= 15 is 0 Å². The third kappa shape index (κ3) is 4.91. The Labute approximate surface area is 115 Å². The van der Waals surface area contributed by atoms with E-state index in [0.717, 1.165) is 10.9 Å². The van der Waals surface area contributed by atoms with Gasteiger partial charge in [-0.2, -0.15) is 0 Å². The Hall–Kier alpha value is -0.170. The van der Waals surface area contributed by atoms with E-state index in [2.05, 4.69) is 25.9 Å². The minimum Gasteiger partial charge on any atom is -0.341 e. The lowest BCUT2D eigenvalue weighted by molar-refractivity contribution is -0.158. The number of nitrogens with zero attached hydrogens (tertiary/aromatic N) is 2. The third-order valence-corrected chi connectivity index (χ3v) is 3.29. The highest BCUT2D eigenvalue weighted by Crippen LogP contribution is 2.26. The molecule has 0 radical (unpaired) electrons. The highest BCUT2D eigenvalue weighted by molar-refractivity contribution is 9.10. The Bertz CT molecular complexity index is 346. The predicted molar refractivity (Wildman–Crippen MR) is 72.4 cm³/mol. The van der Waals surface area contributed by atoms with Crippen molar-refractivity contribution in [1.82, 2.24) is 9.97 Å². The molecule has 6 heteroatoms.